The summed E-state index contributed by atoms with van der Waals surface area (Å²) in [6.45, 7) is 0.880. The molecule has 0 spiro atoms. The van der Waals surface area contributed by atoms with Crippen LogP contribution in [0, 0.1) is 11.3 Å². The van der Waals surface area contributed by atoms with Crippen molar-refractivity contribution >= 4 is 27.3 Å². The van der Waals surface area contributed by atoms with Crippen LogP contribution >= 0.6 is 11.3 Å². The zero-order chi connectivity index (χ0) is 17.5. The largest absolute Gasteiger partial charge is 0.346 e. The highest BCUT2D eigenvalue weighted by atomic mass is 32.2. The lowest BCUT2D eigenvalue weighted by Crippen LogP contribution is -2.31. The molecule has 0 atom stereocenters. The zero-order valence-electron chi connectivity index (χ0n) is 14.0. The third-order valence-corrected chi connectivity index (χ3v) is 8.69. The molecule has 1 aromatic rings. The van der Waals surface area contributed by atoms with E-state index in [2.05, 4.69) is 4.72 Å². The number of amides is 1. The second-order valence-electron chi connectivity index (χ2n) is 7.41. The summed E-state index contributed by atoms with van der Waals surface area (Å²) in [6.07, 6.45) is 6.49. The van der Waals surface area contributed by atoms with Crippen molar-refractivity contribution < 1.29 is 22.7 Å². The zero-order valence-corrected chi connectivity index (χ0v) is 15.7. The number of nitrogens with one attached hydrogen (secondary N) is 1. The molecule has 138 valence electrons. The van der Waals surface area contributed by atoms with Gasteiger partial charge in [-0.1, -0.05) is 0 Å². The van der Waals surface area contributed by atoms with E-state index in [-0.39, 0.29) is 16.0 Å². The van der Waals surface area contributed by atoms with Crippen LogP contribution in [0.1, 0.15) is 56.8 Å². The van der Waals surface area contributed by atoms with Crippen LogP contribution in [0.3, 0.4) is 0 Å². The van der Waals surface area contributed by atoms with Crippen molar-refractivity contribution in [3.63, 3.8) is 0 Å². The Morgan fingerprint density at radius 2 is 2.00 bits per heavy atom. The van der Waals surface area contributed by atoms with Gasteiger partial charge in [-0.25, -0.2) is 13.1 Å². The number of sulfonamides is 1. The lowest BCUT2D eigenvalue weighted by atomic mass is 9.80. The minimum Gasteiger partial charge on any atom is -0.346 e. The third kappa shape index (κ3) is 3.49. The lowest BCUT2D eigenvalue weighted by Gasteiger charge is -2.25. The molecule has 0 unspecified atom stereocenters. The number of fused-ring (bicyclic) bond motifs is 2. The summed E-state index contributed by atoms with van der Waals surface area (Å²) in [5.41, 5.74) is 0.751. The molecular weight excluding hydrogens is 362 g/mol. The molecule has 0 radical (unpaired) electrons. The Morgan fingerprint density at radius 1 is 1.28 bits per heavy atom. The molecule has 25 heavy (non-hydrogen) atoms. The SMILES string of the molecule is O=C(CCC12CCC(CC1)C2)NS(=O)(=O)c1sccc1C1OCCO1. The van der Waals surface area contributed by atoms with Gasteiger partial charge in [0, 0.05) is 12.0 Å². The van der Waals surface area contributed by atoms with Crippen LogP contribution < -0.4 is 4.72 Å². The van der Waals surface area contributed by atoms with E-state index in [4.69, 9.17) is 9.47 Å². The van der Waals surface area contributed by atoms with Crippen LogP contribution in [0.4, 0.5) is 0 Å². The Balaban J connectivity index is 1.39. The van der Waals surface area contributed by atoms with Gasteiger partial charge in [0.2, 0.25) is 5.91 Å². The maximum absolute atomic E-state index is 12.6. The van der Waals surface area contributed by atoms with Crippen molar-refractivity contribution in [2.75, 3.05) is 13.2 Å². The van der Waals surface area contributed by atoms with Gasteiger partial charge in [-0.15, -0.1) is 11.3 Å². The average Bonchev–Trinajstić information content (AvgIpc) is 3.36. The summed E-state index contributed by atoms with van der Waals surface area (Å²) in [4.78, 5) is 12.3. The van der Waals surface area contributed by atoms with Crippen molar-refractivity contribution in [2.45, 2.75) is 55.4 Å². The summed E-state index contributed by atoms with van der Waals surface area (Å²) in [7, 11) is -3.89. The van der Waals surface area contributed by atoms with Crippen molar-refractivity contribution in [1.82, 2.24) is 4.72 Å². The van der Waals surface area contributed by atoms with E-state index in [1.54, 1.807) is 11.4 Å². The normalized spacial score (nSPS) is 29.4. The molecule has 1 N–H and O–H groups in total. The summed E-state index contributed by atoms with van der Waals surface area (Å²) < 4.78 is 38.3. The van der Waals surface area contributed by atoms with Crippen LogP contribution in [0.5, 0.6) is 0 Å². The fourth-order valence-electron chi connectivity index (χ4n) is 4.53. The van der Waals surface area contributed by atoms with Crippen LogP contribution in [0.2, 0.25) is 0 Å². The average molecular weight is 386 g/mol. The minimum absolute atomic E-state index is 0.104. The maximum atomic E-state index is 12.6. The third-order valence-electron chi connectivity index (χ3n) is 5.80. The van der Waals surface area contributed by atoms with E-state index in [1.165, 1.54) is 32.1 Å². The van der Waals surface area contributed by atoms with Crippen LogP contribution in [0.15, 0.2) is 15.7 Å². The second kappa shape index (κ2) is 6.64. The van der Waals surface area contributed by atoms with Crippen molar-refractivity contribution in [3.05, 3.63) is 17.0 Å². The van der Waals surface area contributed by atoms with E-state index in [1.807, 2.05) is 0 Å². The highest BCUT2D eigenvalue weighted by molar-refractivity contribution is 7.92. The molecule has 1 aromatic heterocycles. The summed E-state index contributed by atoms with van der Waals surface area (Å²) in [5.74, 6) is 0.407. The molecule has 8 heteroatoms. The first-order chi connectivity index (χ1) is 12.0. The molecule has 0 aromatic carbocycles. The monoisotopic (exact) mass is 385 g/mol. The van der Waals surface area contributed by atoms with Gasteiger partial charge < -0.3 is 9.47 Å². The molecule has 2 saturated carbocycles. The molecule has 6 nitrogen and oxygen atoms in total. The summed E-state index contributed by atoms with van der Waals surface area (Å²) in [5, 5.41) is 1.68. The van der Waals surface area contributed by atoms with E-state index >= 15 is 0 Å². The standard InChI is InChI=1S/C17H23NO5S2/c19-14(3-7-17-5-1-12(11-17)2-6-17)18-25(20,21)16-13(4-10-24-16)15-22-8-9-23-15/h4,10,12,15H,1-3,5-9,11H2,(H,18,19). The Bertz CT molecular complexity index is 743. The number of carbonyl (C=O) groups excluding carboxylic acids is 1. The fraction of sp³-hybridized carbons (Fsp3) is 0.706. The smallest absolute Gasteiger partial charge is 0.274 e. The van der Waals surface area contributed by atoms with Gasteiger partial charge in [0.1, 0.15) is 4.21 Å². The Morgan fingerprint density at radius 3 is 2.64 bits per heavy atom. The van der Waals surface area contributed by atoms with E-state index < -0.39 is 22.2 Å². The molecule has 1 aliphatic heterocycles. The number of ether oxygens (including phenoxy) is 2. The molecule has 3 fully saturated rings. The highest BCUT2D eigenvalue weighted by Gasteiger charge is 2.44. The predicted molar refractivity (Wildman–Crippen MR) is 92.5 cm³/mol. The quantitative estimate of drug-likeness (QED) is 0.814. The number of rotatable bonds is 6. The molecular formula is C17H23NO5S2. The fourth-order valence-corrected chi connectivity index (χ4v) is 6.93. The van der Waals surface area contributed by atoms with Gasteiger partial charge in [0.15, 0.2) is 6.29 Å². The van der Waals surface area contributed by atoms with E-state index in [9.17, 15) is 13.2 Å². The molecule has 3 aliphatic rings. The highest BCUT2D eigenvalue weighted by Crippen LogP contribution is 2.56. The van der Waals surface area contributed by atoms with Gasteiger partial charge >= 0.3 is 0 Å². The number of carbonyl (C=O) groups is 1. The second-order valence-corrected chi connectivity index (χ2v) is 10.2. The Kier molecular flexibility index (Phi) is 4.64. The molecule has 2 bridgehead atoms. The first-order valence-electron chi connectivity index (χ1n) is 8.84. The molecule has 4 rings (SSSR count). The van der Waals surface area contributed by atoms with Gasteiger partial charge in [0.25, 0.3) is 10.0 Å². The van der Waals surface area contributed by atoms with Crippen LogP contribution in [-0.4, -0.2) is 27.5 Å². The number of hydrogen-bond donors (Lipinski definition) is 1. The number of thiophene rings is 1. The van der Waals surface area contributed by atoms with E-state index in [0.717, 1.165) is 23.7 Å². The lowest BCUT2D eigenvalue weighted by molar-refractivity contribution is -0.119. The molecule has 2 aliphatic carbocycles. The first kappa shape index (κ1) is 17.5. The van der Waals surface area contributed by atoms with E-state index in [0.29, 0.717) is 18.8 Å². The Labute approximate surface area is 151 Å². The van der Waals surface area contributed by atoms with Crippen LogP contribution in [-0.2, 0) is 24.3 Å². The van der Waals surface area contributed by atoms with Crippen LogP contribution in [0.25, 0.3) is 0 Å². The summed E-state index contributed by atoms with van der Waals surface area (Å²) in [6, 6.07) is 1.68. The van der Waals surface area contributed by atoms with Crippen molar-refractivity contribution in [1.29, 1.82) is 0 Å². The molecule has 2 heterocycles. The predicted octanol–water partition coefficient (Wildman–Crippen LogP) is 2.96. The van der Waals surface area contributed by atoms with Gasteiger partial charge in [-0.2, -0.15) is 0 Å². The topological polar surface area (TPSA) is 81.7 Å². The maximum Gasteiger partial charge on any atom is 0.274 e. The first-order valence-corrected chi connectivity index (χ1v) is 11.2. The van der Waals surface area contributed by atoms with Crippen molar-refractivity contribution in [2.24, 2.45) is 11.3 Å². The van der Waals surface area contributed by atoms with Crippen molar-refractivity contribution in [3.8, 4) is 0 Å². The minimum atomic E-state index is -3.89. The number of hydrogen-bond acceptors (Lipinski definition) is 6. The Hall–Kier alpha value is -0.960. The molecule has 1 amide bonds. The summed E-state index contributed by atoms with van der Waals surface area (Å²) >= 11 is 1.08. The molecule has 1 saturated heterocycles. The van der Waals surface area contributed by atoms with Gasteiger partial charge in [0.05, 0.1) is 13.2 Å². The van der Waals surface area contributed by atoms with Gasteiger partial charge in [-0.05, 0) is 61.3 Å². The van der Waals surface area contributed by atoms with Gasteiger partial charge in [-0.3, -0.25) is 4.79 Å².